The molecule has 6 heteroatoms. The molecule has 0 fully saturated rings. The van der Waals surface area contributed by atoms with Crippen LogP contribution < -0.4 is 21.4 Å². The van der Waals surface area contributed by atoms with Crippen molar-refractivity contribution in [3.05, 3.63) is 22.3 Å². The third-order valence-corrected chi connectivity index (χ3v) is 4.15. The maximum atomic E-state index is 11.8. The van der Waals surface area contributed by atoms with Crippen molar-refractivity contribution in [2.24, 2.45) is 11.8 Å². The molecule has 20 heavy (non-hydrogen) atoms. The monoisotopic (exact) mass is 280 g/mol. The van der Waals surface area contributed by atoms with E-state index in [0.717, 1.165) is 22.3 Å². The van der Waals surface area contributed by atoms with Crippen LogP contribution in [0.3, 0.4) is 0 Å². The van der Waals surface area contributed by atoms with Crippen molar-refractivity contribution in [3.8, 4) is 11.5 Å². The summed E-state index contributed by atoms with van der Waals surface area (Å²) in [5.74, 6) is 11.1. The van der Waals surface area contributed by atoms with Crippen LogP contribution >= 0.6 is 0 Å². The Morgan fingerprint density at radius 1 is 1.20 bits per heavy atom. The van der Waals surface area contributed by atoms with Gasteiger partial charge in [0.05, 0.1) is 0 Å². The summed E-state index contributed by atoms with van der Waals surface area (Å²) in [6, 6.07) is 0. The summed E-state index contributed by atoms with van der Waals surface area (Å²) in [5.41, 5.74) is 2.69. The molecule has 0 amide bonds. The molecule has 1 aliphatic heterocycles. The standard InChI is InChI=1S/C14H20N2O4/c1-7-8(2)12-10(9(3)11(7)19-15)5-6-14(4,18-12)13(17)20-16/h5-6,15-16H2,1-4H3. The number of carbonyl (C=O) groups is 1. The third kappa shape index (κ3) is 2.01. The molecule has 1 atom stereocenters. The predicted molar refractivity (Wildman–Crippen MR) is 73.1 cm³/mol. The minimum Gasteiger partial charge on any atom is -0.475 e. The number of rotatable bonds is 2. The number of fused-ring (bicyclic) bond motifs is 1. The van der Waals surface area contributed by atoms with E-state index in [4.69, 9.17) is 21.4 Å². The average Bonchev–Trinajstić information content (AvgIpc) is 2.44. The maximum Gasteiger partial charge on any atom is 0.368 e. The van der Waals surface area contributed by atoms with Gasteiger partial charge in [-0.15, -0.1) is 0 Å². The van der Waals surface area contributed by atoms with Crippen molar-refractivity contribution in [2.75, 3.05) is 0 Å². The van der Waals surface area contributed by atoms with E-state index in [0.29, 0.717) is 24.3 Å². The van der Waals surface area contributed by atoms with Crippen molar-refractivity contribution in [2.45, 2.75) is 46.1 Å². The van der Waals surface area contributed by atoms with Crippen LogP contribution in [0, 0.1) is 20.8 Å². The normalized spacial score (nSPS) is 20.9. The van der Waals surface area contributed by atoms with Crippen LogP contribution in [0.4, 0.5) is 0 Å². The summed E-state index contributed by atoms with van der Waals surface area (Å²) >= 11 is 0. The van der Waals surface area contributed by atoms with E-state index in [9.17, 15) is 4.79 Å². The highest BCUT2D eigenvalue weighted by Crippen LogP contribution is 2.43. The summed E-state index contributed by atoms with van der Waals surface area (Å²) < 4.78 is 5.91. The molecule has 0 bridgehead atoms. The number of ether oxygens (including phenoxy) is 1. The van der Waals surface area contributed by atoms with Gasteiger partial charge < -0.3 is 14.4 Å². The molecule has 1 aromatic rings. The second-order valence-corrected chi connectivity index (χ2v) is 5.37. The zero-order chi connectivity index (χ0) is 15.1. The second-order valence-electron chi connectivity index (χ2n) is 5.37. The number of hydrogen-bond donors (Lipinski definition) is 2. The minimum absolute atomic E-state index is 0.489. The molecule has 0 saturated carbocycles. The molecule has 1 unspecified atom stereocenters. The topological polar surface area (TPSA) is 96.8 Å². The predicted octanol–water partition coefficient (Wildman–Crippen LogP) is 1.36. The number of hydrogen-bond acceptors (Lipinski definition) is 6. The van der Waals surface area contributed by atoms with E-state index in [1.807, 2.05) is 20.8 Å². The molecule has 6 nitrogen and oxygen atoms in total. The number of benzene rings is 1. The lowest BCUT2D eigenvalue weighted by Gasteiger charge is -2.35. The van der Waals surface area contributed by atoms with Gasteiger partial charge >= 0.3 is 5.97 Å². The van der Waals surface area contributed by atoms with E-state index in [-0.39, 0.29) is 0 Å². The van der Waals surface area contributed by atoms with Crippen LogP contribution in [-0.2, 0) is 16.1 Å². The highest BCUT2D eigenvalue weighted by molar-refractivity contribution is 5.80. The molecule has 1 aliphatic rings. The molecule has 0 aliphatic carbocycles. The van der Waals surface area contributed by atoms with Crippen LogP contribution in [-0.4, -0.2) is 11.6 Å². The minimum atomic E-state index is -1.06. The van der Waals surface area contributed by atoms with Crippen molar-refractivity contribution >= 4 is 5.97 Å². The first-order chi connectivity index (χ1) is 9.35. The SMILES string of the molecule is Cc1c(C)c2c(c(C)c1ON)CCC(C)(C(=O)ON)O2. The fraction of sp³-hybridized carbons (Fsp3) is 0.500. The molecular formula is C14H20N2O4. The summed E-state index contributed by atoms with van der Waals surface area (Å²) in [5, 5.41) is 0. The van der Waals surface area contributed by atoms with Crippen LogP contribution in [0.1, 0.15) is 35.6 Å². The molecule has 0 saturated heterocycles. The van der Waals surface area contributed by atoms with E-state index in [2.05, 4.69) is 4.84 Å². The smallest absolute Gasteiger partial charge is 0.368 e. The number of nitrogens with two attached hydrogens (primary N) is 2. The van der Waals surface area contributed by atoms with Gasteiger partial charge in [0.2, 0.25) is 5.60 Å². The van der Waals surface area contributed by atoms with Gasteiger partial charge in [-0.05, 0) is 39.7 Å². The fourth-order valence-corrected chi connectivity index (χ4v) is 2.68. The zero-order valence-corrected chi connectivity index (χ0v) is 12.2. The van der Waals surface area contributed by atoms with E-state index >= 15 is 0 Å². The van der Waals surface area contributed by atoms with Crippen LogP contribution in [0.15, 0.2) is 0 Å². The van der Waals surface area contributed by atoms with Crippen LogP contribution in [0.2, 0.25) is 0 Å². The summed E-state index contributed by atoms with van der Waals surface area (Å²) in [7, 11) is 0. The largest absolute Gasteiger partial charge is 0.475 e. The molecule has 0 spiro atoms. The molecule has 1 aromatic carbocycles. The van der Waals surface area contributed by atoms with Gasteiger partial charge in [0.1, 0.15) is 5.75 Å². The Bertz CT molecular complexity index is 571. The quantitative estimate of drug-likeness (QED) is 0.794. The van der Waals surface area contributed by atoms with Gasteiger partial charge in [0, 0.05) is 23.1 Å². The molecule has 4 N–H and O–H groups in total. The highest BCUT2D eigenvalue weighted by Gasteiger charge is 2.42. The Balaban J connectivity index is 2.56. The number of carbonyl (C=O) groups excluding carboxylic acids is 1. The zero-order valence-electron chi connectivity index (χ0n) is 12.2. The average molecular weight is 280 g/mol. The molecule has 2 rings (SSSR count). The Morgan fingerprint density at radius 2 is 1.85 bits per heavy atom. The van der Waals surface area contributed by atoms with Gasteiger partial charge in [-0.3, -0.25) is 0 Å². The third-order valence-electron chi connectivity index (χ3n) is 4.15. The molecule has 1 heterocycles. The van der Waals surface area contributed by atoms with Crippen LogP contribution in [0.25, 0.3) is 0 Å². The van der Waals surface area contributed by atoms with Gasteiger partial charge in [-0.25, -0.2) is 4.79 Å². The fourth-order valence-electron chi connectivity index (χ4n) is 2.68. The molecular weight excluding hydrogens is 260 g/mol. The van der Waals surface area contributed by atoms with Gasteiger partial charge in [-0.2, -0.15) is 11.8 Å². The lowest BCUT2D eigenvalue weighted by Crippen LogP contribution is -2.46. The van der Waals surface area contributed by atoms with Crippen molar-refractivity contribution in [3.63, 3.8) is 0 Å². The second kappa shape index (κ2) is 4.96. The van der Waals surface area contributed by atoms with Gasteiger partial charge in [-0.1, -0.05) is 0 Å². The molecule has 0 radical (unpaired) electrons. The van der Waals surface area contributed by atoms with E-state index < -0.39 is 11.6 Å². The highest BCUT2D eigenvalue weighted by atomic mass is 16.7. The van der Waals surface area contributed by atoms with E-state index in [1.165, 1.54) is 0 Å². The van der Waals surface area contributed by atoms with Crippen LogP contribution in [0.5, 0.6) is 11.5 Å². The lowest BCUT2D eigenvalue weighted by molar-refractivity contribution is -0.162. The lowest BCUT2D eigenvalue weighted by atomic mass is 9.87. The summed E-state index contributed by atoms with van der Waals surface area (Å²) in [6.07, 6.45) is 1.16. The first-order valence-electron chi connectivity index (χ1n) is 6.45. The Labute approximate surface area is 117 Å². The Kier molecular flexibility index (Phi) is 3.62. The van der Waals surface area contributed by atoms with Crippen molar-refractivity contribution in [1.29, 1.82) is 0 Å². The first kappa shape index (κ1) is 14.6. The first-order valence-corrected chi connectivity index (χ1v) is 6.45. The van der Waals surface area contributed by atoms with Crippen molar-refractivity contribution in [1.82, 2.24) is 0 Å². The van der Waals surface area contributed by atoms with Gasteiger partial charge in [0.15, 0.2) is 5.75 Å². The van der Waals surface area contributed by atoms with E-state index in [1.54, 1.807) is 6.92 Å². The molecule has 0 aromatic heterocycles. The summed E-state index contributed by atoms with van der Waals surface area (Å²) in [4.78, 5) is 21.1. The Morgan fingerprint density at radius 3 is 2.40 bits per heavy atom. The molecule has 110 valence electrons. The maximum absolute atomic E-state index is 11.8. The van der Waals surface area contributed by atoms with Gasteiger partial charge in [0.25, 0.3) is 0 Å². The van der Waals surface area contributed by atoms with Crippen molar-refractivity contribution < 1.29 is 19.2 Å². The summed E-state index contributed by atoms with van der Waals surface area (Å²) in [6.45, 7) is 7.43. The Hall–Kier alpha value is -1.79.